The van der Waals surface area contributed by atoms with Gasteiger partial charge in [-0.2, -0.15) is 0 Å². The van der Waals surface area contributed by atoms with E-state index in [1.165, 1.54) is 0 Å². The summed E-state index contributed by atoms with van der Waals surface area (Å²) < 4.78 is 0. The molecular formula is C13H24N2O3. The van der Waals surface area contributed by atoms with Gasteiger partial charge in [-0.15, -0.1) is 0 Å². The van der Waals surface area contributed by atoms with Crippen LogP contribution in [0.1, 0.15) is 46.5 Å². The first kappa shape index (κ1) is 14.8. The maximum Gasteiger partial charge on any atom is 0.317 e. The van der Waals surface area contributed by atoms with Gasteiger partial charge in [-0.05, 0) is 25.2 Å². The lowest BCUT2D eigenvalue weighted by Gasteiger charge is -2.28. The van der Waals surface area contributed by atoms with Crippen LogP contribution in [0.4, 0.5) is 4.79 Å². The Balaban J connectivity index is 2.56. The minimum Gasteiger partial charge on any atom is -0.481 e. The summed E-state index contributed by atoms with van der Waals surface area (Å²) in [5.74, 6) is -0.449. The highest BCUT2D eigenvalue weighted by Gasteiger charge is 2.31. The fraction of sp³-hybridized carbons (Fsp3) is 0.846. The van der Waals surface area contributed by atoms with Crippen molar-refractivity contribution in [2.45, 2.75) is 58.5 Å². The topological polar surface area (TPSA) is 69.6 Å². The van der Waals surface area contributed by atoms with Crippen LogP contribution in [0.2, 0.25) is 0 Å². The number of urea groups is 1. The first-order chi connectivity index (χ1) is 8.45. The molecule has 0 aromatic heterocycles. The Morgan fingerprint density at radius 3 is 2.61 bits per heavy atom. The van der Waals surface area contributed by atoms with Crippen molar-refractivity contribution in [3.8, 4) is 0 Å². The minimum absolute atomic E-state index is 0.0475. The molecular weight excluding hydrogens is 232 g/mol. The number of amides is 2. The molecule has 1 saturated heterocycles. The number of hydrogen-bond acceptors (Lipinski definition) is 2. The predicted octanol–water partition coefficient (Wildman–Crippen LogP) is 2.07. The molecule has 2 atom stereocenters. The number of nitrogens with zero attached hydrogens (tertiary/aromatic N) is 1. The molecule has 1 rings (SSSR count). The predicted molar refractivity (Wildman–Crippen MR) is 69.4 cm³/mol. The molecule has 0 aromatic carbocycles. The van der Waals surface area contributed by atoms with E-state index in [0.29, 0.717) is 12.5 Å². The number of aliphatic carboxylic acids is 1. The minimum atomic E-state index is -0.837. The van der Waals surface area contributed by atoms with E-state index in [-0.39, 0.29) is 24.5 Å². The SMILES string of the molecule is CCC(NC(=O)N1CCCC1CC(=O)O)C(C)C. The fourth-order valence-electron chi connectivity index (χ4n) is 2.50. The number of carboxylic acids is 1. The number of carbonyl (C=O) groups is 2. The van der Waals surface area contributed by atoms with E-state index in [2.05, 4.69) is 19.2 Å². The van der Waals surface area contributed by atoms with Gasteiger partial charge in [0.05, 0.1) is 6.42 Å². The third-order valence-corrected chi connectivity index (χ3v) is 3.60. The lowest BCUT2D eigenvalue weighted by atomic mass is 10.0. The van der Waals surface area contributed by atoms with Crippen LogP contribution < -0.4 is 5.32 Å². The Kier molecular flexibility index (Phi) is 5.44. The van der Waals surface area contributed by atoms with E-state index in [4.69, 9.17) is 5.11 Å². The van der Waals surface area contributed by atoms with Gasteiger partial charge in [-0.1, -0.05) is 20.8 Å². The summed E-state index contributed by atoms with van der Waals surface area (Å²) in [4.78, 5) is 24.6. The largest absolute Gasteiger partial charge is 0.481 e. The first-order valence-corrected chi connectivity index (χ1v) is 6.74. The lowest BCUT2D eigenvalue weighted by molar-refractivity contribution is -0.137. The molecule has 0 bridgehead atoms. The third-order valence-electron chi connectivity index (χ3n) is 3.60. The number of hydrogen-bond donors (Lipinski definition) is 2. The van der Waals surface area contributed by atoms with Crippen molar-refractivity contribution in [3.63, 3.8) is 0 Å². The van der Waals surface area contributed by atoms with Crippen LogP contribution in [-0.2, 0) is 4.79 Å². The molecule has 0 aromatic rings. The molecule has 0 spiro atoms. The summed E-state index contributed by atoms with van der Waals surface area (Å²) in [6.07, 6.45) is 2.62. The molecule has 1 aliphatic rings. The van der Waals surface area contributed by atoms with Crippen molar-refractivity contribution < 1.29 is 14.7 Å². The van der Waals surface area contributed by atoms with E-state index in [0.717, 1.165) is 19.3 Å². The molecule has 1 heterocycles. The van der Waals surface area contributed by atoms with Crippen molar-refractivity contribution in [2.75, 3.05) is 6.54 Å². The van der Waals surface area contributed by atoms with E-state index in [1.54, 1.807) is 4.90 Å². The van der Waals surface area contributed by atoms with Gasteiger partial charge in [-0.25, -0.2) is 4.79 Å². The van der Waals surface area contributed by atoms with E-state index in [1.807, 2.05) is 6.92 Å². The van der Waals surface area contributed by atoms with Gasteiger partial charge in [0, 0.05) is 18.6 Å². The normalized spacial score (nSPS) is 21.1. The average Bonchev–Trinajstić information content (AvgIpc) is 2.72. The lowest BCUT2D eigenvalue weighted by Crippen LogP contribution is -2.48. The van der Waals surface area contributed by atoms with Crippen molar-refractivity contribution in [1.82, 2.24) is 10.2 Å². The summed E-state index contributed by atoms with van der Waals surface area (Å²) in [7, 11) is 0. The van der Waals surface area contributed by atoms with E-state index < -0.39 is 5.97 Å². The summed E-state index contributed by atoms with van der Waals surface area (Å²) >= 11 is 0. The van der Waals surface area contributed by atoms with Crippen molar-refractivity contribution >= 4 is 12.0 Å². The Bertz CT molecular complexity index is 305. The summed E-state index contributed by atoms with van der Waals surface area (Å²) in [6.45, 7) is 6.86. The molecule has 1 aliphatic heterocycles. The zero-order valence-electron chi connectivity index (χ0n) is 11.5. The zero-order valence-corrected chi connectivity index (χ0v) is 11.5. The number of nitrogens with one attached hydrogen (secondary N) is 1. The van der Waals surface area contributed by atoms with Crippen LogP contribution in [0.25, 0.3) is 0 Å². The maximum absolute atomic E-state index is 12.1. The van der Waals surface area contributed by atoms with Crippen LogP contribution in [0, 0.1) is 5.92 Å². The average molecular weight is 256 g/mol. The smallest absolute Gasteiger partial charge is 0.317 e. The Hall–Kier alpha value is -1.26. The quantitative estimate of drug-likeness (QED) is 0.791. The Morgan fingerprint density at radius 2 is 2.11 bits per heavy atom. The zero-order chi connectivity index (χ0) is 13.7. The molecule has 104 valence electrons. The van der Waals surface area contributed by atoms with Crippen molar-refractivity contribution in [3.05, 3.63) is 0 Å². The highest BCUT2D eigenvalue weighted by Crippen LogP contribution is 2.20. The van der Waals surface area contributed by atoms with Crippen molar-refractivity contribution in [2.24, 2.45) is 5.92 Å². The number of carboxylic acid groups (broad SMARTS) is 1. The molecule has 1 fully saturated rings. The molecule has 5 nitrogen and oxygen atoms in total. The molecule has 0 radical (unpaired) electrons. The summed E-state index contributed by atoms with van der Waals surface area (Å²) in [5, 5.41) is 11.8. The van der Waals surface area contributed by atoms with Gasteiger partial charge in [0.2, 0.25) is 0 Å². The van der Waals surface area contributed by atoms with Gasteiger partial charge >= 0.3 is 12.0 Å². The monoisotopic (exact) mass is 256 g/mol. The fourth-order valence-corrected chi connectivity index (χ4v) is 2.50. The molecule has 2 amide bonds. The highest BCUT2D eigenvalue weighted by molar-refractivity contribution is 5.76. The van der Waals surface area contributed by atoms with Crippen LogP contribution in [0.3, 0.4) is 0 Å². The Labute approximate surface area is 109 Å². The first-order valence-electron chi connectivity index (χ1n) is 6.74. The van der Waals surface area contributed by atoms with Crippen LogP contribution >= 0.6 is 0 Å². The molecule has 0 saturated carbocycles. The molecule has 0 aliphatic carbocycles. The maximum atomic E-state index is 12.1. The molecule has 18 heavy (non-hydrogen) atoms. The van der Waals surface area contributed by atoms with Gasteiger partial charge in [0.15, 0.2) is 0 Å². The number of rotatable bonds is 5. The third kappa shape index (κ3) is 3.89. The summed E-state index contributed by atoms with van der Waals surface area (Å²) in [6, 6.07) is -0.102. The molecule has 2 N–H and O–H groups in total. The van der Waals surface area contributed by atoms with Crippen LogP contribution in [-0.4, -0.2) is 40.6 Å². The highest BCUT2D eigenvalue weighted by atomic mass is 16.4. The standard InChI is InChI=1S/C13H24N2O3/c1-4-11(9(2)3)14-13(18)15-7-5-6-10(15)8-12(16)17/h9-11H,4-8H2,1-3H3,(H,14,18)(H,16,17). The molecule has 5 heteroatoms. The van der Waals surface area contributed by atoms with E-state index in [9.17, 15) is 9.59 Å². The Morgan fingerprint density at radius 1 is 1.44 bits per heavy atom. The van der Waals surface area contributed by atoms with Crippen LogP contribution in [0.5, 0.6) is 0 Å². The van der Waals surface area contributed by atoms with E-state index >= 15 is 0 Å². The number of likely N-dealkylation sites (tertiary alicyclic amines) is 1. The van der Waals surface area contributed by atoms with Crippen molar-refractivity contribution in [1.29, 1.82) is 0 Å². The van der Waals surface area contributed by atoms with Gasteiger partial charge in [0.1, 0.15) is 0 Å². The van der Waals surface area contributed by atoms with Gasteiger partial charge in [-0.3, -0.25) is 4.79 Å². The van der Waals surface area contributed by atoms with Crippen LogP contribution in [0.15, 0.2) is 0 Å². The molecule has 2 unspecified atom stereocenters. The van der Waals surface area contributed by atoms with Gasteiger partial charge < -0.3 is 15.3 Å². The number of carbonyl (C=O) groups excluding carboxylic acids is 1. The second-order valence-corrected chi connectivity index (χ2v) is 5.30. The summed E-state index contributed by atoms with van der Waals surface area (Å²) in [5.41, 5.74) is 0. The van der Waals surface area contributed by atoms with Gasteiger partial charge in [0.25, 0.3) is 0 Å². The second-order valence-electron chi connectivity index (χ2n) is 5.30. The second kappa shape index (κ2) is 6.61.